The van der Waals surface area contributed by atoms with E-state index in [1.807, 2.05) is 12.1 Å². The third-order valence-corrected chi connectivity index (χ3v) is 3.78. The van der Waals surface area contributed by atoms with Crippen molar-refractivity contribution in [2.75, 3.05) is 0 Å². The molecule has 2 aromatic rings. The van der Waals surface area contributed by atoms with Gasteiger partial charge in [0.25, 0.3) is 0 Å². The van der Waals surface area contributed by atoms with Crippen LogP contribution < -0.4 is 0 Å². The van der Waals surface area contributed by atoms with Gasteiger partial charge in [-0.2, -0.15) is 0 Å². The maximum absolute atomic E-state index is 13.0. The molecule has 0 aliphatic heterocycles. The van der Waals surface area contributed by atoms with Gasteiger partial charge in [-0.1, -0.05) is 13.8 Å². The number of rotatable bonds is 2. The number of halogens is 2. The molecule has 3 heteroatoms. The molecule has 0 unspecified atom stereocenters. The summed E-state index contributed by atoms with van der Waals surface area (Å²) in [5.41, 5.74) is 0.606. The lowest BCUT2D eigenvalue weighted by atomic mass is 10.1. The van der Waals surface area contributed by atoms with Crippen LogP contribution in [0.4, 0.5) is 8.78 Å². The smallest absolute Gasteiger partial charge is 0.126 e. The summed E-state index contributed by atoms with van der Waals surface area (Å²) in [6.07, 6.45) is 0. The van der Waals surface area contributed by atoms with Crippen molar-refractivity contribution in [3.05, 3.63) is 46.8 Å². The second-order valence-electron chi connectivity index (χ2n) is 4.01. The highest BCUT2D eigenvalue weighted by atomic mass is 32.1. The molecule has 0 atom stereocenters. The second-order valence-corrected chi connectivity index (χ2v) is 5.13. The van der Waals surface area contributed by atoms with Gasteiger partial charge in [-0.25, -0.2) is 8.78 Å². The Morgan fingerprint density at radius 1 is 1.00 bits per heavy atom. The summed E-state index contributed by atoms with van der Waals surface area (Å²) in [6.45, 7) is 4.20. The summed E-state index contributed by atoms with van der Waals surface area (Å²) in [6, 6.07) is 7.53. The van der Waals surface area contributed by atoms with Crippen LogP contribution in [0, 0.1) is 11.6 Å². The van der Waals surface area contributed by atoms with Crippen LogP contribution in [0.2, 0.25) is 0 Å². The molecule has 16 heavy (non-hydrogen) atoms. The molecule has 1 aromatic heterocycles. The van der Waals surface area contributed by atoms with Gasteiger partial charge in [-0.15, -0.1) is 11.3 Å². The fraction of sp³-hybridized carbons (Fsp3) is 0.231. The molecule has 0 spiro atoms. The molecular weight excluding hydrogens is 226 g/mol. The Kier molecular flexibility index (Phi) is 3.06. The van der Waals surface area contributed by atoms with Gasteiger partial charge < -0.3 is 0 Å². The van der Waals surface area contributed by atoms with Crippen LogP contribution in [0.1, 0.15) is 24.6 Å². The quantitative estimate of drug-likeness (QED) is 0.703. The highest BCUT2D eigenvalue weighted by Gasteiger charge is 2.08. The Morgan fingerprint density at radius 3 is 2.12 bits per heavy atom. The van der Waals surface area contributed by atoms with Crippen molar-refractivity contribution in [3.63, 3.8) is 0 Å². The molecule has 0 N–H and O–H groups in total. The minimum absolute atomic E-state index is 0.442. The number of benzene rings is 1. The molecule has 0 saturated heterocycles. The zero-order chi connectivity index (χ0) is 11.7. The second kappa shape index (κ2) is 4.34. The Balaban J connectivity index is 2.42. The van der Waals surface area contributed by atoms with E-state index in [0.717, 1.165) is 10.9 Å². The highest BCUT2D eigenvalue weighted by Crippen LogP contribution is 2.32. The zero-order valence-electron chi connectivity index (χ0n) is 9.13. The van der Waals surface area contributed by atoms with Crippen LogP contribution >= 0.6 is 11.3 Å². The summed E-state index contributed by atoms with van der Waals surface area (Å²) >= 11 is 1.58. The number of thiophene rings is 1. The van der Waals surface area contributed by atoms with Crippen LogP contribution in [0.3, 0.4) is 0 Å². The fourth-order valence-corrected chi connectivity index (χ4v) is 2.51. The van der Waals surface area contributed by atoms with Gasteiger partial charge in [0.2, 0.25) is 0 Å². The van der Waals surface area contributed by atoms with Crippen molar-refractivity contribution in [1.29, 1.82) is 0 Å². The SMILES string of the molecule is CC(C)c1ccc(-c2cc(F)cc(F)c2)s1. The summed E-state index contributed by atoms with van der Waals surface area (Å²) in [5, 5.41) is 0. The lowest BCUT2D eigenvalue weighted by molar-refractivity contribution is 0.584. The molecule has 2 rings (SSSR count). The van der Waals surface area contributed by atoms with Crippen LogP contribution in [0.5, 0.6) is 0 Å². The van der Waals surface area contributed by atoms with Gasteiger partial charge in [0.15, 0.2) is 0 Å². The van der Waals surface area contributed by atoms with Crippen LogP contribution in [0.15, 0.2) is 30.3 Å². The van der Waals surface area contributed by atoms with Crippen LogP contribution in [0.25, 0.3) is 10.4 Å². The van der Waals surface area contributed by atoms with Crippen molar-refractivity contribution < 1.29 is 8.78 Å². The van der Waals surface area contributed by atoms with Gasteiger partial charge >= 0.3 is 0 Å². The minimum Gasteiger partial charge on any atom is -0.207 e. The first-order chi connectivity index (χ1) is 7.56. The van der Waals surface area contributed by atoms with Crippen LogP contribution in [-0.2, 0) is 0 Å². The van der Waals surface area contributed by atoms with Crippen molar-refractivity contribution in [3.8, 4) is 10.4 Å². The first-order valence-electron chi connectivity index (χ1n) is 5.12. The Morgan fingerprint density at radius 2 is 1.62 bits per heavy atom. The van der Waals surface area contributed by atoms with E-state index in [9.17, 15) is 8.78 Å². The number of hydrogen-bond acceptors (Lipinski definition) is 1. The molecule has 1 heterocycles. The van der Waals surface area contributed by atoms with Gasteiger partial charge in [0.1, 0.15) is 11.6 Å². The first-order valence-corrected chi connectivity index (χ1v) is 5.94. The van der Waals surface area contributed by atoms with E-state index in [0.29, 0.717) is 11.5 Å². The van der Waals surface area contributed by atoms with E-state index < -0.39 is 11.6 Å². The zero-order valence-corrected chi connectivity index (χ0v) is 9.94. The maximum Gasteiger partial charge on any atom is 0.126 e. The van der Waals surface area contributed by atoms with Crippen molar-refractivity contribution in [2.45, 2.75) is 19.8 Å². The Hall–Kier alpha value is -1.22. The van der Waals surface area contributed by atoms with E-state index in [4.69, 9.17) is 0 Å². The number of hydrogen-bond donors (Lipinski definition) is 0. The predicted molar refractivity (Wildman–Crippen MR) is 63.8 cm³/mol. The molecule has 0 aliphatic carbocycles. The Bertz CT molecular complexity index is 480. The molecule has 84 valence electrons. The van der Waals surface area contributed by atoms with Crippen molar-refractivity contribution in [2.24, 2.45) is 0 Å². The summed E-state index contributed by atoms with van der Waals surface area (Å²) < 4.78 is 26.1. The van der Waals surface area contributed by atoms with Gasteiger partial charge in [0.05, 0.1) is 0 Å². The van der Waals surface area contributed by atoms with E-state index in [1.165, 1.54) is 17.0 Å². The minimum atomic E-state index is -0.533. The molecular formula is C13H12F2S. The summed E-state index contributed by atoms with van der Waals surface area (Å²) in [4.78, 5) is 2.13. The summed E-state index contributed by atoms with van der Waals surface area (Å²) in [5.74, 6) is -0.624. The lowest BCUT2D eigenvalue weighted by Crippen LogP contribution is -1.81. The molecule has 0 bridgehead atoms. The highest BCUT2D eigenvalue weighted by molar-refractivity contribution is 7.15. The average Bonchev–Trinajstić information content (AvgIpc) is 2.64. The molecule has 0 saturated carbocycles. The fourth-order valence-electron chi connectivity index (χ4n) is 1.51. The van der Waals surface area contributed by atoms with Crippen LogP contribution in [-0.4, -0.2) is 0 Å². The maximum atomic E-state index is 13.0. The molecule has 0 aliphatic rings. The normalized spacial score (nSPS) is 11.1. The topological polar surface area (TPSA) is 0 Å². The van der Waals surface area contributed by atoms with E-state index in [2.05, 4.69) is 13.8 Å². The van der Waals surface area contributed by atoms with E-state index in [1.54, 1.807) is 11.3 Å². The van der Waals surface area contributed by atoms with Gasteiger partial charge in [-0.3, -0.25) is 0 Å². The molecule has 0 amide bonds. The Labute approximate surface area is 97.6 Å². The molecule has 0 nitrogen and oxygen atoms in total. The van der Waals surface area contributed by atoms with Crippen molar-refractivity contribution >= 4 is 11.3 Å². The van der Waals surface area contributed by atoms with E-state index >= 15 is 0 Å². The molecule has 0 radical (unpaired) electrons. The predicted octanol–water partition coefficient (Wildman–Crippen LogP) is 4.82. The first kappa shape index (κ1) is 11.3. The lowest BCUT2D eigenvalue weighted by Gasteiger charge is -2.00. The summed E-state index contributed by atoms with van der Waals surface area (Å²) in [7, 11) is 0. The standard InChI is InChI=1S/C13H12F2S/c1-8(2)12-3-4-13(16-12)9-5-10(14)7-11(15)6-9/h3-8H,1-2H3. The molecule has 1 aromatic carbocycles. The third-order valence-electron chi connectivity index (χ3n) is 2.34. The average molecular weight is 238 g/mol. The third kappa shape index (κ3) is 2.30. The monoisotopic (exact) mass is 238 g/mol. The molecule has 0 fully saturated rings. The van der Waals surface area contributed by atoms with Gasteiger partial charge in [-0.05, 0) is 35.7 Å². The van der Waals surface area contributed by atoms with Gasteiger partial charge in [0, 0.05) is 15.8 Å². The largest absolute Gasteiger partial charge is 0.207 e. The van der Waals surface area contributed by atoms with Crippen molar-refractivity contribution in [1.82, 2.24) is 0 Å². The van der Waals surface area contributed by atoms with E-state index in [-0.39, 0.29) is 0 Å².